The summed E-state index contributed by atoms with van der Waals surface area (Å²) in [5, 5.41) is 11.0. The first-order chi connectivity index (χ1) is 12.3. The maximum absolute atomic E-state index is 9.97. The van der Waals surface area contributed by atoms with Crippen molar-refractivity contribution in [1.82, 2.24) is 4.98 Å². The highest BCUT2D eigenvalue weighted by atomic mass is 16.5. The highest BCUT2D eigenvalue weighted by Crippen LogP contribution is 2.41. The number of nitriles is 1. The first-order valence-corrected chi connectivity index (χ1v) is 8.79. The SMILES string of the molecule is COc1ccc2c(-c3ccccc3)c(C#N)c(C3CCCC3)nc2c1. The van der Waals surface area contributed by atoms with Gasteiger partial charge >= 0.3 is 0 Å². The van der Waals surface area contributed by atoms with Crippen LogP contribution in [0.2, 0.25) is 0 Å². The van der Waals surface area contributed by atoms with E-state index in [0.717, 1.165) is 51.9 Å². The molecule has 3 nitrogen and oxygen atoms in total. The van der Waals surface area contributed by atoms with Gasteiger partial charge < -0.3 is 4.74 Å². The van der Waals surface area contributed by atoms with E-state index in [2.05, 4.69) is 18.2 Å². The summed E-state index contributed by atoms with van der Waals surface area (Å²) in [5.41, 5.74) is 4.66. The number of methoxy groups -OCH3 is 1. The Balaban J connectivity index is 2.06. The number of rotatable bonds is 3. The van der Waals surface area contributed by atoms with Gasteiger partial charge in [-0.25, -0.2) is 0 Å². The highest BCUT2D eigenvalue weighted by molar-refractivity contribution is 5.98. The van der Waals surface area contributed by atoms with Crippen molar-refractivity contribution >= 4 is 10.9 Å². The van der Waals surface area contributed by atoms with Crippen LogP contribution in [0.3, 0.4) is 0 Å². The molecule has 0 bridgehead atoms. The number of benzene rings is 2. The molecule has 0 radical (unpaired) electrons. The highest BCUT2D eigenvalue weighted by Gasteiger charge is 2.25. The molecule has 1 aliphatic rings. The largest absolute Gasteiger partial charge is 0.497 e. The van der Waals surface area contributed by atoms with Crippen LogP contribution in [0, 0.1) is 11.3 Å². The van der Waals surface area contributed by atoms with Gasteiger partial charge in [-0.1, -0.05) is 43.2 Å². The molecule has 2 aromatic carbocycles. The first-order valence-electron chi connectivity index (χ1n) is 8.79. The number of ether oxygens (including phenoxy) is 1. The van der Waals surface area contributed by atoms with Crippen molar-refractivity contribution in [2.75, 3.05) is 7.11 Å². The number of fused-ring (bicyclic) bond motifs is 1. The normalized spacial score (nSPS) is 14.6. The van der Waals surface area contributed by atoms with Crippen molar-refractivity contribution in [3.05, 3.63) is 59.8 Å². The molecule has 1 heterocycles. The van der Waals surface area contributed by atoms with Gasteiger partial charge in [0.15, 0.2) is 0 Å². The average molecular weight is 328 g/mol. The average Bonchev–Trinajstić information content (AvgIpc) is 3.21. The minimum absolute atomic E-state index is 0.382. The second kappa shape index (κ2) is 6.57. The second-order valence-electron chi connectivity index (χ2n) is 6.59. The van der Waals surface area contributed by atoms with Crippen LogP contribution in [0.4, 0.5) is 0 Å². The van der Waals surface area contributed by atoms with Crippen LogP contribution in [0.15, 0.2) is 48.5 Å². The van der Waals surface area contributed by atoms with Gasteiger partial charge in [0.05, 0.1) is 23.9 Å². The quantitative estimate of drug-likeness (QED) is 0.643. The number of pyridine rings is 1. The molecule has 0 unspecified atom stereocenters. The van der Waals surface area contributed by atoms with Gasteiger partial charge in [-0.15, -0.1) is 0 Å². The number of aromatic nitrogens is 1. The third-order valence-electron chi connectivity index (χ3n) is 5.14. The summed E-state index contributed by atoms with van der Waals surface area (Å²) in [7, 11) is 1.67. The molecule has 3 heteroatoms. The fourth-order valence-corrected chi connectivity index (χ4v) is 3.90. The van der Waals surface area contributed by atoms with E-state index in [1.54, 1.807) is 7.11 Å². The minimum atomic E-state index is 0.382. The topological polar surface area (TPSA) is 45.9 Å². The van der Waals surface area contributed by atoms with E-state index in [1.165, 1.54) is 12.8 Å². The van der Waals surface area contributed by atoms with Gasteiger partial charge in [0.25, 0.3) is 0 Å². The van der Waals surface area contributed by atoms with E-state index in [4.69, 9.17) is 9.72 Å². The third kappa shape index (κ3) is 2.74. The van der Waals surface area contributed by atoms with Crippen LogP contribution >= 0.6 is 0 Å². The molecule has 1 aromatic heterocycles. The molecule has 0 spiro atoms. The summed E-state index contributed by atoms with van der Waals surface area (Å²) >= 11 is 0. The summed E-state index contributed by atoms with van der Waals surface area (Å²) in [6.07, 6.45) is 4.67. The van der Waals surface area contributed by atoms with Gasteiger partial charge in [-0.2, -0.15) is 5.26 Å². The van der Waals surface area contributed by atoms with Gasteiger partial charge in [0.2, 0.25) is 0 Å². The smallest absolute Gasteiger partial charge is 0.121 e. The molecule has 3 aromatic rings. The monoisotopic (exact) mass is 328 g/mol. The first kappa shape index (κ1) is 15.7. The lowest BCUT2D eigenvalue weighted by atomic mass is 9.90. The minimum Gasteiger partial charge on any atom is -0.497 e. The van der Waals surface area contributed by atoms with E-state index in [-0.39, 0.29) is 0 Å². The number of nitrogens with zero attached hydrogens (tertiary/aromatic N) is 2. The Morgan fingerprint density at radius 2 is 1.84 bits per heavy atom. The summed E-state index contributed by atoms with van der Waals surface area (Å²) in [6.45, 7) is 0. The van der Waals surface area contributed by atoms with Crippen molar-refractivity contribution in [2.24, 2.45) is 0 Å². The van der Waals surface area contributed by atoms with E-state index < -0.39 is 0 Å². The van der Waals surface area contributed by atoms with Crippen molar-refractivity contribution in [2.45, 2.75) is 31.6 Å². The van der Waals surface area contributed by atoms with Crippen molar-refractivity contribution in [1.29, 1.82) is 5.26 Å². The zero-order valence-corrected chi connectivity index (χ0v) is 14.3. The molecule has 1 fully saturated rings. The second-order valence-corrected chi connectivity index (χ2v) is 6.59. The fraction of sp³-hybridized carbons (Fsp3) is 0.273. The molecular formula is C22H20N2O. The molecule has 0 saturated heterocycles. The predicted molar refractivity (Wildman–Crippen MR) is 99.7 cm³/mol. The van der Waals surface area contributed by atoms with Crippen LogP contribution in [0.5, 0.6) is 5.75 Å². The van der Waals surface area contributed by atoms with Gasteiger partial charge in [0, 0.05) is 22.9 Å². The van der Waals surface area contributed by atoms with Crippen molar-refractivity contribution < 1.29 is 4.74 Å². The fourth-order valence-electron chi connectivity index (χ4n) is 3.90. The van der Waals surface area contributed by atoms with Crippen LogP contribution in [-0.4, -0.2) is 12.1 Å². The molecule has 4 rings (SSSR count). The Morgan fingerprint density at radius 3 is 2.52 bits per heavy atom. The van der Waals surface area contributed by atoms with Gasteiger partial charge in [-0.05, 0) is 30.5 Å². The maximum Gasteiger partial charge on any atom is 0.121 e. The van der Waals surface area contributed by atoms with E-state index in [9.17, 15) is 5.26 Å². The maximum atomic E-state index is 9.97. The summed E-state index contributed by atoms with van der Waals surface area (Å²) < 4.78 is 5.38. The van der Waals surface area contributed by atoms with Crippen LogP contribution in [0.1, 0.15) is 42.9 Å². The van der Waals surface area contributed by atoms with Crippen LogP contribution in [0.25, 0.3) is 22.0 Å². The molecule has 0 amide bonds. The number of hydrogen-bond donors (Lipinski definition) is 0. The molecule has 25 heavy (non-hydrogen) atoms. The lowest BCUT2D eigenvalue weighted by Gasteiger charge is -2.17. The third-order valence-corrected chi connectivity index (χ3v) is 5.14. The van der Waals surface area contributed by atoms with E-state index in [1.807, 2.05) is 36.4 Å². The molecule has 1 aliphatic carbocycles. The molecule has 0 atom stereocenters. The lowest BCUT2D eigenvalue weighted by molar-refractivity contribution is 0.415. The molecular weight excluding hydrogens is 308 g/mol. The van der Waals surface area contributed by atoms with Crippen molar-refractivity contribution in [3.63, 3.8) is 0 Å². The Labute approximate surface area is 147 Å². The zero-order valence-electron chi connectivity index (χ0n) is 14.3. The Kier molecular flexibility index (Phi) is 4.11. The molecule has 124 valence electrons. The van der Waals surface area contributed by atoms with Gasteiger partial charge in [0.1, 0.15) is 11.8 Å². The molecule has 0 N–H and O–H groups in total. The predicted octanol–water partition coefficient (Wildman–Crippen LogP) is 5.44. The Hall–Kier alpha value is -2.86. The number of hydrogen-bond acceptors (Lipinski definition) is 3. The standard InChI is InChI=1S/C22H20N2O/c1-25-17-11-12-18-20(13-17)24-22(16-9-5-6-10-16)19(14-23)21(18)15-7-3-2-4-8-15/h2-4,7-8,11-13,16H,5-6,9-10H2,1H3. The summed E-state index contributed by atoms with van der Waals surface area (Å²) in [6, 6.07) is 18.6. The Bertz CT molecular complexity index is 951. The van der Waals surface area contributed by atoms with Crippen molar-refractivity contribution in [3.8, 4) is 22.9 Å². The van der Waals surface area contributed by atoms with Crippen LogP contribution < -0.4 is 4.74 Å². The zero-order chi connectivity index (χ0) is 17.2. The molecule has 1 saturated carbocycles. The summed E-state index contributed by atoms with van der Waals surface area (Å²) in [4.78, 5) is 4.92. The molecule has 0 aliphatic heterocycles. The van der Waals surface area contributed by atoms with Gasteiger partial charge in [-0.3, -0.25) is 4.98 Å². The van der Waals surface area contributed by atoms with E-state index in [0.29, 0.717) is 5.92 Å². The Morgan fingerprint density at radius 1 is 1.08 bits per heavy atom. The van der Waals surface area contributed by atoms with E-state index >= 15 is 0 Å². The van der Waals surface area contributed by atoms with Crippen LogP contribution in [-0.2, 0) is 0 Å². The lowest BCUT2D eigenvalue weighted by Crippen LogP contribution is -2.04. The summed E-state index contributed by atoms with van der Waals surface area (Å²) in [5.74, 6) is 1.17.